The number of carbonyl (C=O) groups is 2. The Kier molecular flexibility index (Phi) is 8.63. The van der Waals surface area contributed by atoms with E-state index in [0.717, 1.165) is 0 Å². The molecule has 0 saturated heterocycles. The second kappa shape index (κ2) is 11.4. The van der Waals surface area contributed by atoms with Crippen LogP contribution in [-0.4, -0.2) is 41.0 Å². The maximum Gasteiger partial charge on any atom is 0.216 e. The fourth-order valence-electron chi connectivity index (χ4n) is 2.88. The third-order valence-electron chi connectivity index (χ3n) is 4.63. The molecule has 0 heterocycles. The van der Waals surface area contributed by atoms with Gasteiger partial charge in [-0.1, -0.05) is 24.3 Å². The summed E-state index contributed by atoms with van der Waals surface area (Å²) in [5.41, 5.74) is -1.78. The first-order valence-electron chi connectivity index (χ1n) is 9.39. The zero-order valence-electron chi connectivity index (χ0n) is 18.2. The largest absolute Gasteiger partial charge is 0.497 e. The Morgan fingerprint density at radius 3 is 1.19 bits per heavy atom. The maximum atomic E-state index is 11.0. The lowest BCUT2D eigenvalue weighted by Crippen LogP contribution is -2.29. The van der Waals surface area contributed by atoms with E-state index in [4.69, 9.17) is 18.9 Å². The molecule has 0 fully saturated rings. The van der Waals surface area contributed by atoms with E-state index >= 15 is 0 Å². The first-order valence-corrected chi connectivity index (χ1v) is 9.39. The zero-order valence-corrected chi connectivity index (χ0v) is 18.2. The van der Waals surface area contributed by atoms with E-state index in [2.05, 4.69) is 35.5 Å². The molecule has 2 rings (SSSR count). The number of hydrogen-bond acceptors (Lipinski definition) is 6. The van der Waals surface area contributed by atoms with E-state index in [1.807, 2.05) is 0 Å². The van der Waals surface area contributed by atoms with Gasteiger partial charge in [0.15, 0.2) is 12.6 Å². The Morgan fingerprint density at radius 1 is 0.594 bits per heavy atom. The van der Waals surface area contributed by atoms with Crippen molar-refractivity contribution < 1.29 is 28.5 Å². The lowest BCUT2D eigenvalue weighted by molar-refractivity contribution is -0.104. The molecular weight excluding hydrogens is 408 g/mol. The molecule has 162 valence electrons. The second-order valence-corrected chi connectivity index (χ2v) is 6.25. The summed E-state index contributed by atoms with van der Waals surface area (Å²) in [6, 6.07) is 13.8. The lowest BCUT2D eigenvalue weighted by Gasteiger charge is -2.25. The summed E-state index contributed by atoms with van der Waals surface area (Å²) in [7, 11) is 5.96. The first kappa shape index (κ1) is 24.3. The van der Waals surface area contributed by atoms with Crippen LogP contribution in [0.1, 0.15) is 11.1 Å². The lowest BCUT2D eigenvalue weighted by atomic mass is 9.90. The van der Waals surface area contributed by atoms with Crippen molar-refractivity contribution in [2.45, 2.75) is 11.2 Å². The number of rotatable bonds is 6. The van der Waals surface area contributed by atoms with Gasteiger partial charge in [0.25, 0.3) is 0 Å². The molecule has 2 aromatic carbocycles. The minimum atomic E-state index is -1.47. The summed E-state index contributed by atoms with van der Waals surface area (Å²) >= 11 is 0. The second-order valence-electron chi connectivity index (χ2n) is 6.25. The van der Waals surface area contributed by atoms with Gasteiger partial charge in [0.05, 0.1) is 14.2 Å². The van der Waals surface area contributed by atoms with E-state index in [1.54, 1.807) is 62.8 Å². The number of aldehydes is 2. The van der Waals surface area contributed by atoms with Crippen molar-refractivity contribution in [3.8, 4) is 47.0 Å². The summed E-state index contributed by atoms with van der Waals surface area (Å²) < 4.78 is 21.7. The molecule has 0 saturated carbocycles. The van der Waals surface area contributed by atoms with Crippen LogP contribution < -0.4 is 9.47 Å². The van der Waals surface area contributed by atoms with Crippen LogP contribution in [0.4, 0.5) is 0 Å². The Hall–Kier alpha value is -4.02. The molecule has 0 bridgehead atoms. The van der Waals surface area contributed by atoms with Crippen LogP contribution in [0.25, 0.3) is 0 Å². The third-order valence-corrected chi connectivity index (χ3v) is 4.63. The zero-order chi connectivity index (χ0) is 23.5. The van der Waals surface area contributed by atoms with Gasteiger partial charge in [0.1, 0.15) is 11.5 Å². The molecule has 2 aromatic rings. The van der Waals surface area contributed by atoms with Gasteiger partial charge in [-0.25, -0.2) is 0 Å². The van der Waals surface area contributed by atoms with Crippen LogP contribution in [0, 0.1) is 35.5 Å². The summed E-state index contributed by atoms with van der Waals surface area (Å²) in [4.78, 5) is 22.0. The van der Waals surface area contributed by atoms with Gasteiger partial charge in [-0.2, -0.15) is 0 Å². The van der Waals surface area contributed by atoms with Crippen molar-refractivity contribution in [3.63, 3.8) is 0 Å². The van der Waals surface area contributed by atoms with E-state index < -0.39 is 11.2 Å². The third kappa shape index (κ3) is 5.36. The molecule has 0 radical (unpaired) electrons. The van der Waals surface area contributed by atoms with E-state index in [-0.39, 0.29) is 0 Å². The highest BCUT2D eigenvalue weighted by Gasteiger charge is 2.32. The fourth-order valence-corrected chi connectivity index (χ4v) is 2.88. The van der Waals surface area contributed by atoms with Crippen LogP contribution >= 0.6 is 0 Å². The van der Waals surface area contributed by atoms with Crippen molar-refractivity contribution >= 4 is 12.6 Å². The van der Waals surface area contributed by atoms with E-state index in [0.29, 0.717) is 35.2 Å². The van der Waals surface area contributed by atoms with Crippen LogP contribution in [0.3, 0.4) is 0 Å². The molecule has 0 N–H and O–H groups in total. The Morgan fingerprint density at radius 2 is 0.938 bits per heavy atom. The molecule has 0 aromatic heterocycles. The normalized spacial score (nSPS) is 13.2. The van der Waals surface area contributed by atoms with Gasteiger partial charge in [0, 0.05) is 25.3 Å². The summed E-state index contributed by atoms with van der Waals surface area (Å²) in [5.74, 6) is 17.5. The molecule has 0 spiro atoms. The van der Waals surface area contributed by atoms with Crippen LogP contribution in [0.2, 0.25) is 0 Å². The average molecular weight is 430 g/mol. The highest BCUT2D eigenvalue weighted by atomic mass is 16.5. The van der Waals surface area contributed by atoms with Gasteiger partial charge in [0.2, 0.25) is 11.2 Å². The molecule has 2 unspecified atom stereocenters. The predicted molar refractivity (Wildman–Crippen MR) is 119 cm³/mol. The van der Waals surface area contributed by atoms with Crippen LogP contribution in [0.5, 0.6) is 11.5 Å². The summed E-state index contributed by atoms with van der Waals surface area (Å²) in [6.07, 6.45) is 0.913. The van der Waals surface area contributed by atoms with Crippen molar-refractivity contribution in [1.29, 1.82) is 0 Å². The maximum absolute atomic E-state index is 11.0. The number of benzene rings is 2. The Balaban J connectivity index is 2.73. The summed E-state index contributed by atoms with van der Waals surface area (Å²) in [6.45, 7) is 0. The SMILES string of the molecule is COc1ccc(C(C#CC=O)(C#CC(C#CC=O)(OC)c2ccc(OC)cc2)OC)cc1. The quantitative estimate of drug-likeness (QED) is 0.518. The van der Waals surface area contributed by atoms with Crippen molar-refractivity contribution in [2.75, 3.05) is 28.4 Å². The molecule has 0 aliphatic rings. The molecule has 0 aliphatic heterocycles. The monoisotopic (exact) mass is 430 g/mol. The smallest absolute Gasteiger partial charge is 0.216 e. The minimum absolute atomic E-state index is 0.457. The van der Waals surface area contributed by atoms with Crippen molar-refractivity contribution in [3.05, 3.63) is 59.7 Å². The molecule has 32 heavy (non-hydrogen) atoms. The number of carbonyl (C=O) groups excluding carboxylic acids is 2. The van der Waals surface area contributed by atoms with Gasteiger partial charge in [-0.15, -0.1) is 0 Å². The molecular formula is C26H22O6. The van der Waals surface area contributed by atoms with E-state index in [9.17, 15) is 9.59 Å². The molecule has 2 atom stereocenters. The predicted octanol–water partition coefficient (Wildman–Crippen LogP) is 2.50. The number of ether oxygens (including phenoxy) is 4. The first-order chi connectivity index (χ1) is 15.5. The van der Waals surface area contributed by atoms with Gasteiger partial charge in [-0.3, -0.25) is 9.59 Å². The van der Waals surface area contributed by atoms with Crippen molar-refractivity contribution in [1.82, 2.24) is 0 Å². The van der Waals surface area contributed by atoms with Gasteiger partial charge >= 0.3 is 0 Å². The topological polar surface area (TPSA) is 71.1 Å². The summed E-state index contributed by atoms with van der Waals surface area (Å²) in [5, 5.41) is 0. The molecule has 0 aliphatic carbocycles. The molecule has 0 amide bonds. The van der Waals surface area contributed by atoms with Crippen LogP contribution in [0.15, 0.2) is 48.5 Å². The van der Waals surface area contributed by atoms with E-state index in [1.165, 1.54) is 14.2 Å². The highest BCUT2D eigenvalue weighted by Crippen LogP contribution is 2.30. The highest BCUT2D eigenvalue weighted by molar-refractivity contribution is 5.74. The molecule has 6 heteroatoms. The molecule has 6 nitrogen and oxygen atoms in total. The minimum Gasteiger partial charge on any atom is -0.497 e. The Labute approximate surface area is 187 Å². The number of hydrogen-bond donors (Lipinski definition) is 0. The average Bonchev–Trinajstić information content (AvgIpc) is 2.86. The standard InChI is InChI=1S/C26H22O6/c1-29-23-11-7-21(8-12-23)25(31-3,15-5-19-27)17-18-26(32-4,16-6-20-28)22-9-13-24(30-2)14-10-22/h7-14,19-20H,1-4H3. The number of methoxy groups -OCH3 is 4. The van der Waals surface area contributed by atoms with Crippen LogP contribution in [-0.2, 0) is 30.3 Å². The van der Waals surface area contributed by atoms with Gasteiger partial charge < -0.3 is 18.9 Å². The van der Waals surface area contributed by atoms with Gasteiger partial charge in [-0.05, 0) is 59.8 Å². The Bertz CT molecular complexity index is 1030. The fraction of sp³-hybridized carbons (Fsp3) is 0.231. The van der Waals surface area contributed by atoms with Crippen molar-refractivity contribution in [2.24, 2.45) is 0 Å².